The van der Waals surface area contributed by atoms with Crippen LogP contribution in [0.25, 0.3) is 11.1 Å². The molecule has 7 nitrogen and oxygen atoms in total. The number of aromatic nitrogens is 3. The van der Waals surface area contributed by atoms with Gasteiger partial charge >= 0.3 is 11.9 Å². The van der Waals surface area contributed by atoms with E-state index in [1.807, 2.05) is 16.0 Å². The summed E-state index contributed by atoms with van der Waals surface area (Å²) < 4.78 is 1.98. The number of aliphatic carboxylic acids is 1. The van der Waals surface area contributed by atoms with Crippen LogP contribution in [0.5, 0.6) is 0 Å². The summed E-state index contributed by atoms with van der Waals surface area (Å²) >= 11 is 1.38. The fraction of sp³-hybridized carbons (Fsp3) is 0.273. The number of carboxylic acid groups (broad SMARTS) is 2. The first-order chi connectivity index (χ1) is 14.4. The molecule has 0 amide bonds. The van der Waals surface area contributed by atoms with Gasteiger partial charge in [0.25, 0.3) is 0 Å². The van der Waals surface area contributed by atoms with Crippen LogP contribution in [0.2, 0.25) is 0 Å². The maximum absolute atomic E-state index is 12.0. The van der Waals surface area contributed by atoms with Crippen molar-refractivity contribution in [3.8, 4) is 0 Å². The number of thiophene rings is 1. The predicted octanol–water partition coefficient (Wildman–Crippen LogP) is 4.44. The van der Waals surface area contributed by atoms with Crippen molar-refractivity contribution in [2.24, 2.45) is 0 Å². The molecule has 3 rings (SSSR count). The van der Waals surface area contributed by atoms with Gasteiger partial charge in [-0.25, -0.2) is 14.6 Å². The number of carbonyl (C=O) groups is 2. The third-order valence-corrected chi connectivity index (χ3v) is 5.71. The third kappa shape index (κ3) is 4.65. The Hall–Kier alpha value is -3.26. The van der Waals surface area contributed by atoms with Gasteiger partial charge in [0, 0.05) is 17.5 Å². The fourth-order valence-corrected chi connectivity index (χ4v) is 4.05. The molecule has 0 saturated heterocycles. The number of aryl methyl sites for hydroxylation is 1. The molecule has 0 aromatic carbocycles. The molecule has 0 aliphatic carbocycles. The monoisotopic (exact) mass is 425 g/mol. The maximum Gasteiger partial charge on any atom is 0.337 e. The largest absolute Gasteiger partial charge is 0.478 e. The number of rotatable bonds is 9. The van der Waals surface area contributed by atoms with Gasteiger partial charge in [-0.1, -0.05) is 19.4 Å². The van der Waals surface area contributed by atoms with E-state index in [-0.39, 0.29) is 11.1 Å². The molecule has 0 saturated carbocycles. The zero-order valence-electron chi connectivity index (χ0n) is 16.8. The minimum atomic E-state index is -1.03. The summed E-state index contributed by atoms with van der Waals surface area (Å²) in [5.74, 6) is -1.16. The standard InChI is InChI=1S/C22H23N3O4S/c1-3-4-7-19-24-12-17(14(2)20(22(28)29)18-6-5-10-30-18)25(19)13-16-9-8-15(11-23-16)21(26)27/h5-6,8-12H,3-4,7,13H2,1-2H3,(H,26,27)(H,28,29)/b20-14-. The van der Waals surface area contributed by atoms with Crippen molar-refractivity contribution in [2.45, 2.75) is 39.7 Å². The van der Waals surface area contributed by atoms with E-state index >= 15 is 0 Å². The Bertz CT molecular complexity index is 1070. The van der Waals surface area contributed by atoms with Gasteiger partial charge in [0.05, 0.1) is 35.3 Å². The van der Waals surface area contributed by atoms with Crippen LogP contribution in [-0.2, 0) is 17.8 Å². The average Bonchev–Trinajstić information content (AvgIpc) is 3.37. The maximum atomic E-state index is 12.0. The summed E-state index contributed by atoms with van der Waals surface area (Å²) in [5.41, 5.74) is 2.40. The Morgan fingerprint density at radius 1 is 1.13 bits per heavy atom. The van der Waals surface area contributed by atoms with Crippen molar-refractivity contribution in [1.29, 1.82) is 0 Å². The number of unbranched alkanes of at least 4 members (excludes halogenated alkanes) is 1. The molecule has 2 N–H and O–H groups in total. The highest BCUT2D eigenvalue weighted by molar-refractivity contribution is 7.11. The summed E-state index contributed by atoms with van der Waals surface area (Å²) in [6.07, 6.45) is 5.78. The molecule has 0 fully saturated rings. The third-order valence-electron chi connectivity index (χ3n) is 4.82. The summed E-state index contributed by atoms with van der Waals surface area (Å²) in [5, 5.41) is 20.8. The number of allylic oxidation sites excluding steroid dienone is 1. The smallest absolute Gasteiger partial charge is 0.337 e. The second kappa shape index (κ2) is 9.49. The van der Waals surface area contributed by atoms with Gasteiger partial charge in [-0.15, -0.1) is 11.3 Å². The summed E-state index contributed by atoms with van der Waals surface area (Å²) in [7, 11) is 0. The molecule has 3 aromatic heterocycles. The Morgan fingerprint density at radius 2 is 1.93 bits per heavy atom. The predicted molar refractivity (Wildman–Crippen MR) is 116 cm³/mol. The molecule has 3 heterocycles. The molecule has 3 aromatic rings. The van der Waals surface area contributed by atoms with Gasteiger partial charge in [-0.05, 0) is 42.5 Å². The van der Waals surface area contributed by atoms with Gasteiger partial charge in [-0.3, -0.25) is 4.98 Å². The minimum Gasteiger partial charge on any atom is -0.478 e. The second-order valence-electron chi connectivity index (χ2n) is 6.88. The van der Waals surface area contributed by atoms with Crippen LogP contribution in [0.15, 0.2) is 42.0 Å². The van der Waals surface area contributed by atoms with Crippen molar-refractivity contribution in [3.05, 3.63) is 69.7 Å². The van der Waals surface area contributed by atoms with Crippen molar-refractivity contribution in [1.82, 2.24) is 14.5 Å². The van der Waals surface area contributed by atoms with Crippen LogP contribution in [0.1, 0.15) is 59.1 Å². The zero-order valence-corrected chi connectivity index (χ0v) is 17.6. The SMILES string of the molecule is CCCCc1ncc(/C(C)=C(\C(=O)O)c2cccs2)n1Cc1ccc(C(=O)O)cn1. The molecule has 0 bridgehead atoms. The van der Waals surface area contributed by atoms with Crippen LogP contribution < -0.4 is 0 Å². The van der Waals surface area contributed by atoms with E-state index < -0.39 is 11.9 Å². The Labute approximate surface area is 178 Å². The lowest BCUT2D eigenvalue weighted by Crippen LogP contribution is -2.11. The van der Waals surface area contributed by atoms with E-state index in [1.165, 1.54) is 23.6 Å². The molecule has 0 radical (unpaired) electrons. The summed E-state index contributed by atoms with van der Waals surface area (Å²) in [6.45, 7) is 4.27. The van der Waals surface area contributed by atoms with Gasteiger partial charge in [0.1, 0.15) is 5.82 Å². The molecular weight excluding hydrogens is 402 g/mol. The lowest BCUT2D eigenvalue weighted by atomic mass is 10.1. The number of carboxylic acids is 2. The highest BCUT2D eigenvalue weighted by atomic mass is 32.1. The minimum absolute atomic E-state index is 0.123. The van der Waals surface area contributed by atoms with Crippen LogP contribution >= 0.6 is 11.3 Å². The number of pyridine rings is 1. The Balaban J connectivity index is 2.06. The number of hydrogen-bond donors (Lipinski definition) is 2. The van der Waals surface area contributed by atoms with E-state index in [1.54, 1.807) is 25.3 Å². The number of imidazole rings is 1. The van der Waals surface area contributed by atoms with Crippen molar-refractivity contribution >= 4 is 34.4 Å². The van der Waals surface area contributed by atoms with E-state index in [0.717, 1.165) is 30.8 Å². The van der Waals surface area contributed by atoms with Gasteiger partial charge in [-0.2, -0.15) is 0 Å². The first-order valence-electron chi connectivity index (χ1n) is 9.63. The summed E-state index contributed by atoms with van der Waals surface area (Å²) in [6, 6.07) is 6.81. The second-order valence-corrected chi connectivity index (χ2v) is 7.82. The topological polar surface area (TPSA) is 105 Å². The van der Waals surface area contributed by atoms with Crippen LogP contribution in [0.4, 0.5) is 0 Å². The number of hydrogen-bond acceptors (Lipinski definition) is 5. The molecule has 0 atom stereocenters. The Kier molecular flexibility index (Phi) is 6.79. The van der Waals surface area contributed by atoms with Crippen LogP contribution in [-0.4, -0.2) is 36.7 Å². The molecule has 0 aliphatic heterocycles. The Morgan fingerprint density at radius 3 is 2.50 bits per heavy atom. The van der Waals surface area contributed by atoms with E-state index in [2.05, 4.69) is 16.9 Å². The molecule has 0 unspecified atom stereocenters. The first-order valence-corrected chi connectivity index (χ1v) is 10.5. The van der Waals surface area contributed by atoms with Crippen LogP contribution in [0, 0.1) is 0 Å². The van der Waals surface area contributed by atoms with Gasteiger partial charge in [0.2, 0.25) is 0 Å². The fourth-order valence-electron chi connectivity index (χ4n) is 3.23. The van der Waals surface area contributed by atoms with E-state index in [0.29, 0.717) is 22.7 Å². The summed E-state index contributed by atoms with van der Waals surface area (Å²) in [4.78, 5) is 32.6. The van der Waals surface area contributed by atoms with Gasteiger partial charge < -0.3 is 14.8 Å². The number of aromatic carboxylic acids is 1. The molecular formula is C22H23N3O4S. The molecule has 0 aliphatic rings. The molecule has 156 valence electrons. The highest BCUT2D eigenvalue weighted by Crippen LogP contribution is 2.30. The average molecular weight is 426 g/mol. The van der Waals surface area contributed by atoms with Crippen LogP contribution in [0.3, 0.4) is 0 Å². The van der Waals surface area contributed by atoms with E-state index in [4.69, 9.17) is 5.11 Å². The lowest BCUT2D eigenvalue weighted by Gasteiger charge is -2.14. The van der Waals surface area contributed by atoms with Crippen molar-refractivity contribution in [3.63, 3.8) is 0 Å². The van der Waals surface area contributed by atoms with E-state index in [9.17, 15) is 14.7 Å². The highest BCUT2D eigenvalue weighted by Gasteiger charge is 2.20. The molecule has 8 heteroatoms. The van der Waals surface area contributed by atoms with Crippen molar-refractivity contribution < 1.29 is 19.8 Å². The van der Waals surface area contributed by atoms with Crippen molar-refractivity contribution in [2.75, 3.05) is 0 Å². The molecule has 30 heavy (non-hydrogen) atoms. The van der Waals surface area contributed by atoms with Gasteiger partial charge in [0.15, 0.2) is 0 Å². The first kappa shape index (κ1) is 21.4. The quantitative estimate of drug-likeness (QED) is 0.491. The molecule has 0 spiro atoms. The number of nitrogens with zero attached hydrogens (tertiary/aromatic N) is 3. The normalized spacial score (nSPS) is 11.9. The zero-order chi connectivity index (χ0) is 21.7. The lowest BCUT2D eigenvalue weighted by molar-refractivity contribution is -0.130.